The summed E-state index contributed by atoms with van der Waals surface area (Å²) >= 11 is 0. The number of aliphatic hydroxyl groups is 2. The molecule has 0 bridgehead atoms. The molecule has 0 saturated heterocycles. The van der Waals surface area contributed by atoms with E-state index in [1.54, 1.807) is 26.8 Å². The Kier molecular flexibility index (Phi) is 8.40. The number of carbonyl (C=O) groups is 2. The van der Waals surface area contributed by atoms with Crippen LogP contribution < -0.4 is 0 Å². The van der Waals surface area contributed by atoms with Gasteiger partial charge >= 0.3 is 11.9 Å². The Bertz CT molecular complexity index is 807. The lowest BCUT2D eigenvalue weighted by Gasteiger charge is -2.61. The van der Waals surface area contributed by atoms with Gasteiger partial charge in [0.2, 0.25) is 0 Å². The molecule has 0 heterocycles. The van der Waals surface area contributed by atoms with Crippen LogP contribution in [0.2, 0.25) is 0 Å². The molecule has 2 aliphatic rings. The van der Waals surface area contributed by atoms with Gasteiger partial charge in [-0.1, -0.05) is 32.6 Å². The number of ether oxygens (including phenoxy) is 2. The summed E-state index contributed by atoms with van der Waals surface area (Å²) in [5.41, 5.74) is -0.694. The number of fused-ring (bicyclic) bond motifs is 1. The second-order valence-electron chi connectivity index (χ2n) is 10.9. The molecule has 186 valence electrons. The van der Waals surface area contributed by atoms with E-state index in [0.29, 0.717) is 43.3 Å². The highest BCUT2D eigenvalue weighted by Crippen LogP contribution is 2.62. The number of hydrogen-bond acceptors (Lipinski definition) is 6. The third kappa shape index (κ3) is 5.96. The molecule has 0 aromatic heterocycles. The van der Waals surface area contributed by atoms with E-state index in [0.717, 1.165) is 0 Å². The number of carbonyl (C=O) groups excluding carboxylic acids is 2. The van der Waals surface area contributed by atoms with Gasteiger partial charge in [-0.15, -0.1) is 6.58 Å². The highest BCUT2D eigenvalue weighted by Gasteiger charge is 2.60. The summed E-state index contributed by atoms with van der Waals surface area (Å²) in [5.74, 6) is -0.930. The molecule has 2 N–H and O–H groups in total. The Morgan fingerprint density at radius 1 is 1.27 bits per heavy atom. The topological polar surface area (TPSA) is 93.1 Å². The van der Waals surface area contributed by atoms with Crippen molar-refractivity contribution in [1.82, 2.24) is 0 Å². The monoisotopic (exact) mass is 462 g/mol. The SMILES string of the molecule is C=C[C@](C)(O)CC[C@H]1C(=C)[C@H](O)C[C@H]2C(C)(C)C[C@H](OC(=O)/C(C)=C\C)C[C@@]12COC(C)=O. The van der Waals surface area contributed by atoms with E-state index in [2.05, 4.69) is 27.0 Å². The Balaban J connectivity index is 2.53. The third-order valence-corrected chi connectivity index (χ3v) is 7.98. The lowest BCUT2D eigenvalue weighted by atomic mass is 9.45. The minimum absolute atomic E-state index is 0.0151. The first kappa shape index (κ1) is 27.3. The quantitative estimate of drug-likeness (QED) is 0.313. The van der Waals surface area contributed by atoms with E-state index in [4.69, 9.17) is 9.47 Å². The van der Waals surface area contributed by atoms with Crippen molar-refractivity contribution in [2.75, 3.05) is 6.61 Å². The molecule has 6 heteroatoms. The zero-order chi connectivity index (χ0) is 25.2. The molecule has 0 amide bonds. The summed E-state index contributed by atoms with van der Waals surface area (Å²) in [7, 11) is 0. The van der Waals surface area contributed by atoms with Crippen LogP contribution in [-0.4, -0.2) is 46.6 Å². The Morgan fingerprint density at radius 3 is 2.45 bits per heavy atom. The van der Waals surface area contributed by atoms with E-state index < -0.39 is 17.1 Å². The summed E-state index contributed by atoms with van der Waals surface area (Å²) in [6.45, 7) is 19.0. The van der Waals surface area contributed by atoms with Crippen LogP contribution in [0.5, 0.6) is 0 Å². The Labute approximate surface area is 198 Å². The smallest absolute Gasteiger partial charge is 0.333 e. The molecular formula is C27H42O6. The van der Waals surface area contributed by atoms with Gasteiger partial charge in [-0.2, -0.15) is 0 Å². The lowest BCUT2D eigenvalue weighted by Crippen LogP contribution is -2.60. The highest BCUT2D eigenvalue weighted by molar-refractivity contribution is 5.87. The van der Waals surface area contributed by atoms with Crippen molar-refractivity contribution in [3.63, 3.8) is 0 Å². The van der Waals surface area contributed by atoms with Crippen LogP contribution in [0, 0.1) is 22.7 Å². The molecule has 2 rings (SSSR count). The van der Waals surface area contributed by atoms with E-state index >= 15 is 0 Å². The zero-order valence-electron chi connectivity index (χ0n) is 21.1. The van der Waals surface area contributed by atoms with Crippen molar-refractivity contribution < 1.29 is 29.3 Å². The molecule has 0 spiro atoms. The number of allylic oxidation sites excluding steroid dienone is 1. The standard InChI is InChI=1S/C27H42O6/c1-9-17(3)24(30)33-20-14-25(6,7)23-13-22(29)18(4)21(11-12-26(8,31)10-2)27(23,15-20)16-32-19(5)28/h9-10,20-23,29,31H,2,4,11-16H2,1,3,5-8H3/b17-9-/t20-,21-,22+,23-,26-,27+/m0/s1. The average Bonchev–Trinajstić information content (AvgIpc) is 2.72. The van der Waals surface area contributed by atoms with Gasteiger partial charge in [0, 0.05) is 17.9 Å². The van der Waals surface area contributed by atoms with Crippen molar-refractivity contribution in [1.29, 1.82) is 0 Å². The minimum atomic E-state index is -1.07. The first-order valence-corrected chi connectivity index (χ1v) is 11.9. The molecule has 6 nitrogen and oxygen atoms in total. The molecule has 2 saturated carbocycles. The fourth-order valence-electron chi connectivity index (χ4n) is 6.01. The number of aliphatic hydroxyl groups excluding tert-OH is 1. The molecule has 2 fully saturated rings. The molecule has 6 atom stereocenters. The summed E-state index contributed by atoms with van der Waals surface area (Å²) in [6, 6.07) is 0. The molecular weight excluding hydrogens is 420 g/mol. The molecule has 0 unspecified atom stereocenters. The van der Waals surface area contributed by atoms with Gasteiger partial charge in [0.05, 0.1) is 18.3 Å². The predicted octanol–water partition coefficient (Wildman–Crippen LogP) is 4.50. The van der Waals surface area contributed by atoms with Gasteiger partial charge < -0.3 is 19.7 Å². The largest absolute Gasteiger partial charge is 0.465 e. The second-order valence-corrected chi connectivity index (χ2v) is 10.9. The van der Waals surface area contributed by atoms with Gasteiger partial charge in [-0.05, 0) is 75.7 Å². The van der Waals surface area contributed by atoms with E-state index in [9.17, 15) is 19.8 Å². The maximum absolute atomic E-state index is 12.6. The van der Waals surface area contributed by atoms with E-state index in [1.165, 1.54) is 13.0 Å². The van der Waals surface area contributed by atoms with Gasteiger partial charge in [-0.25, -0.2) is 4.79 Å². The average molecular weight is 463 g/mol. The maximum atomic E-state index is 12.6. The summed E-state index contributed by atoms with van der Waals surface area (Å²) < 4.78 is 11.6. The molecule has 2 aliphatic carbocycles. The third-order valence-electron chi connectivity index (χ3n) is 7.98. The molecule has 0 aliphatic heterocycles. The van der Waals surface area contributed by atoms with Crippen molar-refractivity contribution in [3.05, 3.63) is 36.5 Å². The number of esters is 2. The van der Waals surface area contributed by atoms with Crippen molar-refractivity contribution >= 4 is 11.9 Å². The van der Waals surface area contributed by atoms with Crippen LogP contribution >= 0.6 is 0 Å². The minimum Gasteiger partial charge on any atom is -0.465 e. The normalized spacial score (nSPS) is 33.5. The Morgan fingerprint density at radius 2 is 1.91 bits per heavy atom. The molecule has 0 aromatic carbocycles. The van der Waals surface area contributed by atoms with Crippen LogP contribution in [0.25, 0.3) is 0 Å². The predicted molar refractivity (Wildman–Crippen MR) is 128 cm³/mol. The van der Waals surface area contributed by atoms with Crippen LogP contribution in [-0.2, 0) is 19.1 Å². The fraction of sp³-hybridized carbons (Fsp3) is 0.704. The van der Waals surface area contributed by atoms with E-state index in [-0.39, 0.29) is 41.9 Å². The first-order chi connectivity index (χ1) is 15.2. The first-order valence-electron chi connectivity index (χ1n) is 11.9. The number of rotatable bonds is 8. The van der Waals surface area contributed by atoms with Gasteiger partial charge in [-0.3, -0.25) is 4.79 Å². The fourth-order valence-corrected chi connectivity index (χ4v) is 6.01. The van der Waals surface area contributed by atoms with Gasteiger partial charge in [0.25, 0.3) is 0 Å². The van der Waals surface area contributed by atoms with Crippen molar-refractivity contribution in [2.45, 2.75) is 91.5 Å². The zero-order valence-corrected chi connectivity index (χ0v) is 21.1. The van der Waals surface area contributed by atoms with E-state index in [1.807, 2.05) is 0 Å². The maximum Gasteiger partial charge on any atom is 0.333 e. The van der Waals surface area contributed by atoms with Crippen molar-refractivity contribution in [3.8, 4) is 0 Å². The lowest BCUT2D eigenvalue weighted by molar-refractivity contribution is -0.186. The molecule has 0 aromatic rings. The summed E-state index contributed by atoms with van der Waals surface area (Å²) in [5, 5.41) is 21.5. The van der Waals surface area contributed by atoms with Gasteiger partial charge in [0.1, 0.15) is 6.10 Å². The van der Waals surface area contributed by atoms with Gasteiger partial charge in [0.15, 0.2) is 0 Å². The van der Waals surface area contributed by atoms with Crippen molar-refractivity contribution in [2.24, 2.45) is 22.7 Å². The van der Waals surface area contributed by atoms with Crippen LogP contribution in [0.3, 0.4) is 0 Å². The van der Waals surface area contributed by atoms with Crippen LogP contribution in [0.15, 0.2) is 36.5 Å². The van der Waals surface area contributed by atoms with Crippen LogP contribution in [0.4, 0.5) is 0 Å². The Hall–Kier alpha value is -1.92. The molecule has 0 radical (unpaired) electrons. The summed E-state index contributed by atoms with van der Waals surface area (Å²) in [4.78, 5) is 24.5. The highest BCUT2D eigenvalue weighted by atomic mass is 16.5. The summed E-state index contributed by atoms with van der Waals surface area (Å²) in [6.07, 6.45) is 4.83. The van der Waals surface area contributed by atoms with Crippen LogP contribution in [0.1, 0.15) is 73.6 Å². The second kappa shape index (κ2) is 10.1. The number of hydrogen-bond donors (Lipinski definition) is 2. The molecule has 33 heavy (non-hydrogen) atoms.